The van der Waals surface area contributed by atoms with Crippen molar-refractivity contribution in [2.24, 2.45) is 5.73 Å². The highest BCUT2D eigenvalue weighted by Gasteiger charge is 2.15. The highest BCUT2D eigenvalue weighted by molar-refractivity contribution is 7.80. The van der Waals surface area contributed by atoms with Crippen LogP contribution in [0.5, 0.6) is 0 Å². The summed E-state index contributed by atoms with van der Waals surface area (Å²) in [5, 5.41) is 3.17. The number of anilines is 1. The van der Waals surface area contributed by atoms with Gasteiger partial charge in [0.05, 0.1) is 6.54 Å². The maximum atomic E-state index is 12.1. The van der Waals surface area contributed by atoms with E-state index >= 15 is 0 Å². The Bertz CT molecular complexity index is 510. The van der Waals surface area contributed by atoms with Crippen molar-refractivity contribution >= 4 is 28.8 Å². The van der Waals surface area contributed by atoms with Crippen LogP contribution in [0.1, 0.15) is 30.4 Å². The number of likely N-dealkylation sites (tertiary alicyclic amines) is 1. The van der Waals surface area contributed by atoms with Gasteiger partial charge in [0, 0.05) is 24.3 Å². The highest BCUT2D eigenvalue weighted by atomic mass is 32.1. The lowest BCUT2D eigenvalue weighted by Crippen LogP contribution is -2.39. The molecule has 0 saturated carbocycles. The summed E-state index contributed by atoms with van der Waals surface area (Å²) in [7, 11) is 0. The summed E-state index contributed by atoms with van der Waals surface area (Å²) in [6.45, 7) is 4.08. The van der Waals surface area contributed by atoms with Crippen LogP contribution in [0.4, 0.5) is 5.69 Å². The minimum absolute atomic E-state index is 0.167. The number of amides is 1. The van der Waals surface area contributed by atoms with Gasteiger partial charge in [-0.2, -0.15) is 0 Å². The van der Waals surface area contributed by atoms with Crippen molar-refractivity contribution in [2.45, 2.75) is 26.2 Å². The van der Waals surface area contributed by atoms with E-state index in [-0.39, 0.29) is 5.91 Å². The van der Waals surface area contributed by atoms with Gasteiger partial charge in [-0.3, -0.25) is 4.79 Å². The second-order valence-electron chi connectivity index (χ2n) is 5.19. The molecule has 0 aliphatic carbocycles. The number of nitrogens with one attached hydrogen (secondary N) is 1. The van der Waals surface area contributed by atoms with Crippen molar-refractivity contribution < 1.29 is 4.79 Å². The van der Waals surface area contributed by atoms with E-state index in [9.17, 15) is 4.79 Å². The third kappa shape index (κ3) is 3.70. The molecule has 1 aromatic rings. The lowest BCUT2D eigenvalue weighted by atomic mass is 10.1. The Morgan fingerprint density at radius 1 is 1.35 bits per heavy atom. The van der Waals surface area contributed by atoms with Crippen LogP contribution in [-0.4, -0.2) is 35.4 Å². The first-order chi connectivity index (χ1) is 9.58. The van der Waals surface area contributed by atoms with E-state index < -0.39 is 0 Å². The first-order valence-electron chi connectivity index (χ1n) is 7.00. The zero-order valence-corrected chi connectivity index (χ0v) is 12.6. The van der Waals surface area contributed by atoms with Gasteiger partial charge in [0.2, 0.25) is 5.91 Å². The van der Waals surface area contributed by atoms with Crippen LogP contribution >= 0.6 is 12.2 Å². The molecule has 0 radical (unpaired) electrons. The highest BCUT2D eigenvalue weighted by Crippen LogP contribution is 2.15. The molecular weight excluding hydrogens is 270 g/mol. The number of thiocarbonyl (C=S) groups is 1. The number of carbonyl (C=O) groups excluding carboxylic acids is 1. The molecule has 1 heterocycles. The van der Waals surface area contributed by atoms with Gasteiger partial charge >= 0.3 is 0 Å². The summed E-state index contributed by atoms with van der Waals surface area (Å²) in [5.41, 5.74) is 8.46. The summed E-state index contributed by atoms with van der Waals surface area (Å²) < 4.78 is 0. The maximum absolute atomic E-state index is 12.1. The fourth-order valence-electron chi connectivity index (χ4n) is 2.48. The van der Waals surface area contributed by atoms with E-state index in [1.807, 2.05) is 30.0 Å². The monoisotopic (exact) mass is 291 g/mol. The predicted octanol–water partition coefficient (Wildman–Crippen LogP) is 2.05. The van der Waals surface area contributed by atoms with E-state index in [2.05, 4.69) is 5.32 Å². The van der Waals surface area contributed by atoms with Crippen LogP contribution < -0.4 is 11.1 Å². The Morgan fingerprint density at radius 2 is 2.05 bits per heavy atom. The molecule has 20 heavy (non-hydrogen) atoms. The Kier molecular flexibility index (Phi) is 4.95. The fraction of sp³-hybridized carbons (Fsp3) is 0.467. The van der Waals surface area contributed by atoms with Crippen molar-refractivity contribution in [2.75, 3.05) is 25.0 Å². The van der Waals surface area contributed by atoms with Gasteiger partial charge < -0.3 is 16.0 Å². The molecule has 1 aliphatic heterocycles. The lowest BCUT2D eigenvalue weighted by Gasteiger charge is -2.27. The summed E-state index contributed by atoms with van der Waals surface area (Å²) >= 11 is 4.98. The maximum Gasteiger partial charge on any atom is 0.241 e. The molecule has 0 aromatic heterocycles. The smallest absolute Gasteiger partial charge is 0.241 e. The summed E-state index contributed by atoms with van der Waals surface area (Å²) in [5.74, 6) is 0.167. The molecule has 1 aliphatic rings. The average molecular weight is 291 g/mol. The molecule has 1 saturated heterocycles. The molecule has 3 N–H and O–H groups in total. The van der Waals surface area contributed by atoms with Gasteiger partial charge in [-0.25, -0.2) is 0 Å². The summed E-state index contributed by atoms with van der Waals surface area (Å²) in [6, 6.07) is 5.77. The molecule has 108 valence electrons. The lowest BCUT2D eigenvalue weighted by molar-refractivity contribution is -0.130. The third-order valence-electron chi connectivity index (χ3n) is 3.64. The number of benzene rings is 1. The second-order valence-corrected chi connectivity index (χ2v) is 5.63. The van der Waals surface area contributed by atoms with E-state index in [1.165, 1.54) is 6.42 Å². The number of nitrogens with zero attached hydrogens (tertiary/aromatic N) is 1. The van der Waals surface area contributed by atoms with E-state index in [1.54, 1.807) is 0 Å². The Morgan fingerprint density at radius 3 is 2.65 bits per heavy atom. The van der Waals surface area contributed by atoms with Crippen molar-refractivity contribution in [3.63, 3.8) is 0 Å². The van der Waals surface area contributed by atoms with Gasteiger partial charge in [0.25, 0.3) is 0 Å². The quantitative estimate of drug-likeness (QED) is 0.834. The number of rotatable bonds is 4. The SMILES string of the molecule is Cc1cc(NCC(=O)N2CCCCC2)ccc1C(N)=S. The van der Waals surface area contributed by atoms with Crippen LogP contribution in [0, 0.1) is 6.92 Å². The van der Waals surface area contributed by atoms with Gasteiger partial charge in [-0.1, -0.05) is 12.2 Å². The molecule has 2 rings (SSSR count). The van der Waals surface area contributed by atoms with Crippen molar-refractivity contribution in [3.05, 3.63) is 29.3 Å². The Labute approximate surface area is 125 Å². The van der Waals surface area contributed by atoms with Gasteiger partial charge in [0.15, 0.2) is 0 Å². The van der Waals surface area contributed by atoms with Crippen LogP contribution in [0.15, 0.2) is 18.2 Å². The molecule has 1 amide bonds. The van der Waals surface area contributed by atoms with Crippen molar-refractivity contribution in [1.82, 2.24) is 4.90 Å². The van der Waals surface area contributed by atoms with E-state index in [4.69, 9.17) is 18.0 Å². The Balaban J connectivity index is 1.92. The van der Waals surface area contributed by atoms with Crippen LogP contribution in [0.25, 0.3) is 0 Å². The zero-order chi connectivity index (χ0) is 14.5. The molecule has 1 fully saturated rings. The molecule has 0 unspecified atom stereocenters. The van der Waals surface area contributed by atoms with Crippen molar-refractivity contribution in [3.8, 4) is 0 Å². The van der Waals surface area contributed by atoms with Crippen LogP contribution in [-0.2, 0) is 4.79 Å². The first kappa shape index (κ1) is 14.8. The molecule has 0 bridgehead atoms. The third-order valence-corrected chi connectivity index (χ3v) is 3.86. The number of nitrogens with two attached hydrogens (primary N) is 1. The summed E-state index contributed by atoms with van der Waals surface area (Å²) in [4.78, 5) is 14.4. The second kappa shape index (κ2) is 6.70. The molecule has 1 aromatic carbocycles. The van der Waals surface area contributed by atoms with Crippen molar-refractivity contribution in [1.29, 1.82) is 0 Å². The molecular formula is C15H21N3OS. The van der Waals surface area contributed by atoms with Gasteiger partial charge in [0.1, 0.15) is 4.99 Å². The summed E-state index contributed by atoms with van der Waals surface area (Å²) in [6.07, 6.45) is 3.47. The number of hydrogen-bond donors (Lipinski definition) is 2. The number of carbonyl (C=O) groups is 1. The first-order valence-corrected chi connectivity index (χ1v) is 7.41. The Hall–Kier alpha value is -1.62. The molecule has 0 spiro atoms. The molecule has 4 nitrogen and oxygen atoms in total. The molecule has 0 atom stereocenters. The minimum Gasteiger partial charge on any atom is -0.389 e. The number of aryl methyl sites for hydroxylation is 1. The van der Waals surface area contributed by atoms with Crippen LogP contribution in [0.3, 0.4) is 0 Å². The normalized spacial score (nSPS) is 14.9. The number of hydrogen-bond acceptors (Lipinski definition) is 3. The van der Waals surface area contributed by atoms with E-state index in [0.717, 1.165) is 42.7 Å². The predicted molar refractivity (Wildman–Crippen MR) is 86.0 cm³/mol. The largest absolute Gasteiger partial charge is 0.389 e. The fourth-order valence-corrected chi connectivity index (χ4v) is 2.71. The van der Waals surface area contributed by atoms with Crippen LogP contribution in [0.2, 0.25) is 0 Å². The standard InChI is InChI=1S/C15H21N3OS/c1-11-9-12(5-6-13(11)15(16)20)17-10-14(19)18-7-3-2-4-8-18/h5-6,9,17H,2-4,7-8,10H2,1H3,(H2,16,20). The molecule has 5 heteroatoms. The van der Waals surface area contributed by atoms with Gasteiger partial charge in [-0.05, 0) is 49.9 Å². The minimum atomic E-state index is 0.167. The van der Waals surface area contributed by atoms with E-state index in [0.29, 0.717) is 11.5 Å². The van der Waals surface area contributed by atoms with Gasteiger partial charge in [-0.15, -0.1) is 0 Å². The average Bonchev–Trinajstić information content (AvgIpc) is 2.45. The number of piperidine rings is 1. The zero-order valence-electron chi connectivity index (χ0n) is 11.8. The topological polar surface area (TPSA) is 58.4 Å².